The van der Waals surface area contributed by atoms with Crippen molar-refractivity contribution < 1.29 is 9.90 Å². The number of amides is 1. The molecule has 0 spiro atoms. The first-order chi connectivity index (χ1) is 10.7. The fraction of sp³-hybridized carbons (Fsp3) is 0.647. The number of hydrogen-bond acceptors (Lipinski definition) is 4. The first kappa shape index (κ1) is 23.1. The van der Waals surface area contributed by atoms with Crippen molar-refractivity contribution in [2.75, 3.05) is 26.2 Å². The fourth-order valence-corrected chi connectivity index (χ4v) is 3.18. The van der Waals surface area contributed by atoms with Crippen molar-refractivity contribution in [1.29, 1.82) is 0 Å². The van der Waals surface area contributed by atoms with Gasteiger partial charge in [0, 0.05) is 43.1 Å². The van der Waals surface area contributed by atoms with E-state index in [1.807, 2.05) is 13.0 Å². The van der Waals surface area contributed by atoms with E-state index in [9.17, 15) is 4.79 Å². The summed E-state index contributed by atoms with van der Waals surface area (Å²) in [5, 5.41) is 12.3. The number of aromatic nitrogens is 1. The van der Waals surface area contributed by atoms with Gasteiger partial charge in [-0.25, -0.2) is 0 Å². The van der Waals surface area contributed by atoms with Gasteiger partial charge in [-0.3, -0.25) is 14.7 Å². The normalized spacial score (nSPS) is 20.1. The second kappa shape index (κ2) is 11.6. The lowest BCUT2D eigenvalue weighted by molar-refractivity contribution is 0.0928. The average Bonchev–Trinajstić information content (AvgIpc) is 2.89. The van der Waals surface area contributed by atoms with Crippen molar-refractivity contribution in [2.45, 2.75) is 39.2 Å². The molecule has 2 rings (SSSR count). The van der Waals surface area contributed by atoms with E-state index in [1.54, 1.807) is 12.3 Å². The van der Waals surface area contributed by atoms with Gasteiger partial charge in [0.1, 0.15) is 0 Å². The molecule has 0 saturated carbocycles. The van der Waals surface area contributed by atoms with Gasteiger partial charge in [0.05, 0.1) is 6.61 Å². The molecule has 0 unspecified atom stereocenters. The number of nitrogens with one attached hydrogen (secondary N) is 1. The molecule has 0 aromatic carbocycles. The summed E-state index contributed by atoms with van der Waals surface area (Å²) in [6.07, 6.45) is 4.74. The maximum absolute atomic E-state index is 12.5. The summed E-state index contributed by atoms with van der Waals surface area (Å²) in [5.74, 6) is 0.446. The molecule has 2 heterocycles. The molecule has 0 radical (unpaired) electrons. The molecule has 1 fully saturated rings. The van der Waals surface area contributed by atoms with Crippen LogP contribution in [0.5, 0.6) is 0 Å². The highest BCUT2D eigenvalue weighted by Gasteiger charge is 2.32. The van der Waals surface area contributed by atoms with Crippen LogP contribution in [0.1, 0.15) is 42.7 Å². The molecule has 5 nitrogen and oxygen atoms in total. The highest BCUT2D eigenvalue weighted by molar-refractivity contribution is 5.94. The zero-order valence-corrected chi connectivity index (χ0v) is 16.0. The molecule has 2 N–H and O–H groups in total. The summed E-state index contributed by atoms with van der Waals surface area (Å²) >= 11 is 0. The maximum Gasteiger partial charge on any atom is 0.251 e. The molecule has 0 bridgehead atoms. The van der Waals surface area contributed by atoms with Crippen LogP contribution >= 0.6 is 24.8 Å². The number of likely N-dealkylation sites (tertiary alicyclic amines) is 1. The van der Waals surface area contributed by atoms with Gasteiger partial charge in [-0.15, -0.1) is 24.8 Å². The molecular formula is C17H29Cl2N3O2. The Kier molecular flexibility index (Phi) is 11.2. The Morgan fingerprint density at radius 2 is 2.12 bits per heavy atom. The highest BCUT2D eigenvalue weighted by atomic mass is 35.5. The lowest BCUT2D eigenvalue weighted by atomic mass is 9.98. The van der Waals surface area contributed by atoms with Crippen molar-refractivity contribution in [3.05, 3.63) is 29.6 Å². The van der Waals surface area contributed by atoms with Crippen molar-refractivity contribution in [2.24, 2.45) is 5.92 Å². The van der Waals surface area contributed by atoms with Crippen molar-refractivity contribution in [1.82, 2.24) is 15.2 Å². The third-order valence-electron chi connectivity index (χ3n) is 4.35. The third kappa shape index (κ3) is 6.20. The Morgan fingerprint density at radius 3 is 2.75 bits per heavy atom. The first-order valence-electron chi connectivity index (χ1n) is 8.26. The Bertz CT molecular complexity index is 502. The number of rotatable bonds is 7. The summed E-state index contributed by atoms with van der Waals surface area (Å²) in [6, 6.07) is 3.80. The van der Waals surface area contributed by atoms with Gasteiger partial charge < -0.3 is 10.4 Å². The minimum atomic E-state index is -0.0194. The number of carbonyl (C=O) groups is 1. The standard InChI is InChI=1S/C17H27N3O2.2ClH/c1-3-5-14-11-20(8-9-21)12-16(14)19-17(22)13-6-7-18-15(4-2)10-13;;/h6-7,10,14,16,21H,3-5,8-9,11-12H2,1-2H3,(H,19,22);2*1H/t14-,16-;;/m0../s1. The molecule has 1 aliphatic rings. The second-order valence-corrected chi connectivity index (χ2v) is 6.00. The number of pyridine rings is 1. The number of aliphatic hydroxyl groups excluding tert-OH is 1. The Labute approximate surface area is 157 Å². The smallest absolute Gasteiger partial charge is 0.251 e. The molecule has 138 valence electrons. The van der Waals surface area contributed by atoms with Crippen molar-refractivity contribution in [3.63, 3.8) is 0 Å². The predicted octanol–water partition coefficient (Wildman–Crippen LogP) is 2.31. The summed E-state index contributed by atoms with van der Waals surface area (Å²) in [4.78, 5) is 18.9. The zero-order chi connectivity index (χ0) is 15.9. The number of aliphatic hydroxyl groups is 1. The predicted molar refractivity (Wildman–Crippen MR) is 101 cm³/mol. The summed E-state index contributed by atoms with van der Waals surface area (Å²) in [7, 11) is 0. The summed E-state index contributed by atoms with van der Waals surface area (Å²) in [6.45, 7) is 6.83. The molecule has 2 atom stereocenters. The minimum absolute atomic E-state index is 0. The Balaban J connectivity index is 0.00000264. The SMILES string of the molecule is CCC[C@H]1CN(CCO)C[C@@H]1NC(=O)c1ccnc(CC)c1.Cl.Cl. The van der Waals surface area contributed by atoms with E-state index in [4.69, 9.17) is 5.11 Å². The molecule has 0 aliphatic carbocycles. The van der Waals surface area contributed by atoms with Crippen LogP contribution < -0.4 is 5.32 Å². The van der Waals surface area contributed by atoms with Crippen molar-refractivity contribution >= 4 is 30.7 Å². The van der Waals surface area contributed by atoms with Crippen LogP contribution in [-0.2, 0) is 6.42 Å². The molecule has 1 saturated heterocycles. The third-order valence-corrected chi connectivity index (χ3v) is 4.35. The molecule has 1 amide bonds. The van der Waals surface area contributed by atoms with E-state index in [1.165, 1.54) is 0 Å². The van der Waals surface area contributed by atoms with E-state index in [0.29, 0.717) is 18.0 Å². The monoisotopic (exact) mass is 377 g/mol. The van der Waals surface area contributed by atoms with Gasteiger partial charge in [-0.05, 0) is 30.9 Å². The molecule has 1 aliphatic heterocycles. The Morgan fingerprint density at radius 1 is 1.38 bits per heavy atom. The average molecular weight is 378 g/mol. The number of β-amino-alcohol motifs (C(OH)–C–C–N with tert-alkyl or cyclic N) is 1. The summed E-state index contributed by atoms with van der Waals surface area (Å²) in [5.41, 5.74) is 1.62. The topological polar surface area (TPSA) is 65.5 Å². The largest absolute Gasteiger partial charge is 0.395 e. The van der Waals surface area contributed by atoms with Gasteiger partial charge in [0.25, 0.3) is 5.91 Å². The molecule has 24 heavy (non-hydrogen) atoms. The van der Waals surface area contributed by atoms with Crippen LogP contribution in [0.4, 0.5) is 0 Å². The quantitative estimate of drug-likeness (QED) is 0.764. The lowest BCUT2D eigenvalue weighted by Crippen LogP contribution is -2.40. The molecule has 1 aromatic heterocycles. The number of nitrogens with zero attached hydrogens (tertiary/aromatic N) is 2. The zero-order valence-electron chi connectivity index (χ0n) is 14.4. The maximum atomic E-state index is 12.5. The van der Waals surface area contributed by atoms with Crippen LogP contribution in [0.25, 0.3) is 0 Å². The molecular weight excluding hydrogens is 349 g/mol. The number of aryl methyl sites for hydroxylation is 1. The van der Waals surface area contributed by atoms with Gasteiger partial charge >= 0.3 is 0 Å². The molecule has 1 aromatic rings. The van der Waals surface area contributed by atoms with Crippen LogP contribution in [0.3, 0.4) is 0 Å². The second-order valence-electron chi connectivity index (χ2n) is 6.00. The van der Waals surface area contributed by atoms with E-state index >= 15 is 0 Å². The fourth-order valence-electron chi connectivity index (χ4n) is 3.18. The number of carbonyl (C=O) groups excluding carboxylic acids is 1. The van der Waals surface area contributed by atoms with Gasteiger partial charge in [-0.1, -0.05) is 20.3 Å². The van der Waals surface area contributed by atoms with E-state index < -0.39 is 0 Å². The minimum Gasteiger partial charge on any atom is -0.395 e. The highest BCUT2D eigenvalue weighted by Crippen LogP contribution is 2.22. The molecule has 7 heteroatoms. The summed E-state index contributed by atoms with van der Waals surface area (Å²) < 4.78 is 0. The number of hydrogen-bond donors (Lipinski definition) is 2. The van der Waals surface area contributed by atoms with Gasteiger partial charge in [-0.2, -0.15) is 0 Å². The van der Waals surface area contributed by atoms with Crippen LogP contribution in [0, 0.1) is 5.92 Å². The van der Waals surface area contributed by atoms with Crippen LogP contribution in [0.2, 0.25) is 0 Å². The van der Waals surface area contributed by atoms with Gasteiger partial charge in [0.15, 0.2) is 0 Å². The van der Waals surface area contributed by atoms with E-state index in [2.05, 4.69) is 22.1 Å². The van der Waals surface area contributed by atoms with Crippen LogP contribution in [0.15, 0.2) is 18.3 Å². The van der Waals surface area contributed by atoms with E-state index in [-0.39, 0.29) is 43.4 Å². The van der Waals surface area contributed by atoms with E-state index in [0.717, 1.165) is 38.0 Å². The lowest BCUT2D eigenvalue weighted by Gasteiger charge is -2.19. The first-order valence-corrected chi connectivity index (χ1v) is 8.26. The Hall–Kier alpha value is -0.880. The van der Waals surface area contributed by atoms with Crippen LogP contribution in [-0.4, -0.2) is 53.2 Å². The van der Waals surface area contributed by atoms with Crippen molar-refractivity contribution in [3.8, 4) is 0 Å². The number of halogens is 2. The van der Waals surface area contributed by atoms with Gasteiger partial charge in [0.2, 0.25) is 0 Å².